The van der Waals surface area contributed by atoms with Crippen LogP contribution in [0.1, 0.15) is 12.8 Å². The van der Waals surface area contributed by atoms with E-state index in [1.54, 1.807) is 0 Å². The second-order valence-electron chi connectivity index (χ2n) is 3.67. The van der Waals surface area contributed by atoms with E-state index in [9.17, 15) is 8.78 Å². The summed E-state index contributed by atoms with van der Waals surface area (Å²) < 4.78 is 31.7. The van der Waals surface area contributed by atoms with Crippen molar-refractivity contribution in [2.24, 2.45) is 5.73 Å². The number of rotatable bonds is 2. The fourth-order valence-electron chi connectivity index (χ4n) is 1.51. The molecule has 1 aromatic carbocycles. The highest BCUT2D eigenvalue weighted by Gasteiger charge is 2.29. The molecule has 0 unspecified atom stereocenters. The molecule has 0 atom stereocenters. The Balaban J connectivity index is 2.14. The van der Waals surface area contributed by atoms with E-state index in [-0.39, 0.29) is 17.9 Å². The van der Waals surface area contributed by atoms with Gasteiger partial charge in [-0.3, -0.25) is 0 Å². The van der Waals surface area contributed by atoms with E-state index in [0.29, 0.717) is 17.3 Å². The van der Waals surface area contributed by atoms with Crippen LogP contribution in [-0.4, -0.2) is 12.1 Å². The van der Waals surface area contributed by atoms with Gasteiger partial charge >= 0.3 is 0 Å². The van der Waals surface area contributed by atoms with Gasteiger partial charge in [-0.15, -0.1) is 0 Å². The van der Waals surface area contributed by atoms with Gasteiger partial charge in [-0.1, -0.05) is 0 Å². The molecule has 2 nitrogen and oxygen atoms in total. The van der Waals surface area contributed by atoms with Crippen molar-refractivity contribution in [3.05, 3.63) is 28.2 Å². The van der Waals surface area contributed by atoms with Crippen molar-refractivity contribution in [1.29, 1.82) is 0 Å². The standard InChI is InChI=1S/C10H10BrF2NO/c11-8-1-5(12)2-9(13)10(8)15-7-3-6(14)4-7/h1-2,6-7H,3-4,14H2. The highest BCUT2D eigenvalue weighted by molar-refractivity contribution is 9.10. The molecular formula is C10H10BrF2NO. The first kappa shape index (κ1) is 10.8. The van der Waals surface area contributed by atoms with E-state index in [0.717, 1.165) is 6.07 Å². The summed E-state index contributed by atoms with van der Waals surface area (Å²) >= 11 is 3.06. The zero-order chi connectivity index (χ0) is 11.0. The quantitative estimate of drug-likeness (QED) is 0.902. The number of nitrogens with two attached hydrogens (primary N) is 1. The predicted molar refractivity (Wildman–Crippen MR) is 55.7 cm³/mol. The minimum atomic E-state index is -0.692. The Labute approximate surface area is 94.5 Å². The van der Waals surface area contributed by atoms with E-state index < -0.39 is 11.6 Å². The number of halogens is 3. The summed E-state index contributed by atoms with van der Waals surface area (Å²) in [5, 5.41) is 0. The third-order valence-electron chi connectivity index (χ3n) is 2.38. The molecule has 0 radical (unpaired) electrons. The fourth-order valence-corrected chi connectivity index (χ4v) is 2.01. The van der Waals surface area contributed by atoms with Crippen molar-refractivity contribution >= 4 is 15.9 Å². The number of hydrogen-bond acceptors (Lipinski definition) is 2. The Hall–Kier alpha value is -0.680. The average molecular weight is 278 g/mol. The number of ether oxygens (including phenoxy) is 1. The first-order valence-electron chi connectivity index (χ1n) is 4.63. The highest BCUT2D eigenvalue weighted by Crippen LogP contribution is 2.33. The number of hydrogen-bond donors (Lipinski definition) is 1. The first-order valence-corrected chi connectivity index (χ1v) is 5.42. The van der Waals surface area contributed by atoms with Crippen LogP contribution >= 0.6 is 15.9 Å². The summed E-state index contributed by atoms with van der Waals surface area (Å²) in [4.78, 5) is 0. The van der Waals surface area contributed by atoms with Gasteiger partial charge in [0.25, 0.3) is 0 Å². The minimum Gasteiger partial charge on any atom is -0.486 e. The molecule has 2 N–H and O–H groups in total. The lowest BCUT2D eigenvalue weighted by Crippen LogP contribution is -2.43. The zero-order valence-corrected chi connectivity index (χ0v) is 9.43. The van der Waals surface area contributed by atoms with Crippen LogP contribution in [0.25, 0.3) is 0 Å². The lowest BCUT2D eigenvalue weighted by Gasteiger charge is -2.32. The van der Waals surface area contributed by atoms with Gasteiger partial charge in [0, 0.05) is 12.1 Å². The molecule has 0 aliphatic heterocycles. The average Bonchev–Trinajstić information content (AvgIpc) is 2.07. The van der Waals surface area contributed by atoms with Gasteiger partial charge in [0.15, 0.2) is 11.6 Å². The topological polar surface area (TPSA) is 35.2 Å². The van der Waals surface area contributed by atoms with Crippen LogP contribution in [0.2, 0.25) is 0 Å². The van der Waals surface area contributed by atoms with Crippen LogP contribution in [0.4, 0.5) is 8.78 Å². The Bertz CT molecular complexity index is 357. The van der Waals surface area contributed by atoms with Gasteiger partial charge < -0.3 is 10.5 Å². The van der Waals surface area contributed by atoms with Crippen LogP contribution in [-0.2, 0) is 0 Å². The maximum Gasteiger partial charge on any atom is 0.169 e. The Kier molecular flexibility index (Phi) is 2.93. The Morgan fingerprint density at radius 3 is 2.53 bits per heavy atom. The highest BCUT2D eigenvalue weighted by atomic mass is 79.9. The molecule has 1 aliphatic rings. The van der Waals surface area contributed by atoms with Crippen molar-refractivity contribution in [2.45, 2.75) is 25.0 Å². The molecule has 0 aromatic heterocycles. The van der Waals surface area contributed by atoms with Crippen molar-refractivity contribution in [2.75, 3.05) is 0 Å². The van der Waals surface area contributed by atoms with Crippen LogP contribution in [0.15, 0.2) is 16.6 Å². The molecule has 1 aliphatic carbocycles. The first-order chi connectivity index (χ1) is 7.06. The third-order valence-corrected chi connectivity index (χ3v) is 2.97. The third kappa shape index (κ3) is 2.29. The van der Waals surface area contributed by atoms with Crippen LogP contribution in [0.3, 0.4) is 0 Å². The molecule has 0 heterocycles. The van der Waals surface area contributed by atoms with E-state index in [1.807, 2.05) is 0 Å². The SMILES string of the molecule is NC1CC(Oc2c(F)cc(F)cc2Br)C1. The van der Waals surface area contributed by atoms with Gasteiger partial charge in [-0.05, 0) is 34.8 Å². The molecule has 5 heteroatoms. The smallest absolute Gasteiger partial charge is 0.169 e. The predicted octanol–water partition coefficient (Wildman–Crippen LogP) is 2.60. The summed E-state index contributed by atoms with van der Waals surface area (Å²) in [6, 6.07) is 2.12. The molecule has 1 fully saturated rings. The normalized spacial score (nSPS) is 24.8. The largest absolute Gasteiger partial charge is 0.486 e. The summed E-state index contributed by atoms with van der Waals surface area (Å²) in [5.74, 6) is -1.26. The zero-order valence-electron chi connectivity index (χ0n) is 7.84. The lowest BCUT2D eigenvalue weighted by atomic mass is 9.90. The van der Waals surface area contributed by atoms with Crippen molar-refractivity contribution in [1.82, 2.24) is 0 Å². The fraction of sp³-hybridized carbons (Fsp3) is 0.400. The molecular weight excluding hydrogens is 268 g/mol. The van der Waals surface area contributed by atoms with Gasteiger partial charge in [-0.2, -0.15) is 0 Å². The van der Waals surface area contributed by atoms with E-state index in [1.165, 1.54) is 6.07 Å². The maximum atomic E-state index is 13.3. The van der Waals surface area contributed by atoms with E-state index in [4.69, 9.17) is 10.5 Å². The van der Waals surface area contributed by atoms with E-state index in [2.05, 4.69) is 15.9 Å². The lowest BCUT2D eigenvalue weighted by molar-refractivity contribution is 0.0952. The molecule has 82 valence electrons. The van der Waals surface area contributed by atoms with Gasteiger partial charge in [0.05, 0.1) is 4.47 Å². The molecule has 0 bridgehead atoms. The maximum absolute atomic E-state index is 13.3. The summed E-state index contributed by atoms with van der Waals surface area (Å²) in [5.41, 5.74) is 5.58. The second-order valence-corrected chi connectivity index (χ2v) is 4.52. The Morgan fingerprint density at radius 2 is 2.00 bits per heavy atom. The summed E-state index contributed by atoms with van der Waals surface area (Å²) in [6.07, 6.45) is 1.36. The van der Waals surface area contributed by atoms with Crippen molar-refractivity contribution in [3.63, 3.8) is 0 Å². The van der Waals surface area contributed by atoms with E-state index >= 15 is 0 Å². The van der Waals surface area contributed by atoms with Crippen LogP contribution in [0.5, 0.6) is 5.75 Å². The van der Waals surface area contributed by atoms with Crippen LogP contribution in [0, 0.1) is 11.6 Å². The minimum absolute atomic E-state index is 0.0590. The monoisotopic (exact) mass is 277 g/mol. The van der Waals surface area contributed by atoms with Gasteiger partial charge in [-0.25, -0.2) is 8.78 Å². The molecule has 1 aromatic rings. The van der Waals surface area contributed by atoms with Crippen molar-refractivity contribution < 1.29 is 13.5 Å². The number of benzene rings is 1. The van der Waals surface area contributed by atoms with Gasteiger partial charge in [0.1, 0.15) is 11.9 Å². The second kappa shape index (κ2) is 4.06. The molecule has 0 amide bonds. The summed E-state index contributed by atoms with van der Waals surface area (Å²) in [7, 11) is 0. The Morgan fingerprint density at radius 1 is 1.33 bits per heavy atom. The molecule has 2 rings (SSSR count). The molecule has 1 saturated carbocycles. The van der Waals surface area contributed by atoms with Crippen molar-refractivity contribution in [3.8, 4) is 5.75 Å². The van der Waals surface area contributed by atoms with Crippen LogP contribution < -0.4 is 10.5 Å². The molecule has 15 heavy (non-hydrogen) atoms. The summed E-state index contributed by atoms with van der Waals surface area (Å²) in [6.45, 7) is 0. The molecule has 0 saturated heterocycles. The van der Waals surface area contributed by atoms with Gasteiger partial charge in [0.2, 0.25) is 0 Å². The molecule has 0 spiro atoms.